The van der Waals surface area contributed by atoms with Gasteiger partial charge in [0, 0.05) is 6.92 Å². The van der Waals surface area contributed by atoms with Crippen LogP contribution in [-0.2, 0) is 13.4 Å². The lowest BCUT2D eigenvalue weighted by Crippen LogP contribution is -2.43. The number of carbonyl (C=O) groups is 3. The van der Waals surface area contributed by atoms with Gasteiger partial charge in [-0.05, 0) is 0 Å². The van der Waals surface area contributed by atoms with Crippen LogP contribution in [0.3, 0.4) is 0 Å². The summed E-state index contributed by atoms with van der Waals surface area (Å²) in [4.78, 5) is 33.8. The SMILES string of the molecule is CC(=O)O.NC(=O)NC1N=C([O][Al])NC1=O.O.O.[AlH3]. The molecule has 0 bridgehead atoms. The topological polar surface area (TPSA) is 206 Å². The van der Waals surface area contributed by atoms with Crippen LogP contribution in [0.2, 0.25) is 0 Å². The Morgan fingerprint density at radius 2 is 1.95 bits per heavy atom. The quantitative estimate of drug-likeness (QED) is 0.349. The van der Waals surface area contributed by atoms with Crippen molar-refractivity contribution in [1.82, 2.24) is 10.6 Å². The number of primary amides is 1. The summed E-state index contributed by atoms with van der Waals surface area (Å²) < 4.78 is 4.54. The average Bonchev–Trinajstić information content (AvgIpc) is 2.45. The van der Waals surface area contributed by atoms with E-state index < -0.39 is 24.1 Å². The highest BCUT2D eigenvalue weighted by atomic mass is 27.1. The van der Waals surface area contributed by atoms with E-state index >= 15 is 0 Å². The second kappa shape index (κ2) is 13.1. The van der Waals surface area contributed by atoms with E-state index in [2.05, 4.69) is 19.4 Å². The third kappa shape index (κ3) is 12.9. The molecule has 0 aromatic carbocycles. The van der Waals surface area contributed by atoms with E-state index in [9.17, 15) is 9.59 Å². The van der Waals surface area contributed by atoms with Crippen molar-refractivity contribution in [3.63, 3.8) is 0 Å². The summed E-state index contributed by atoms with van der Waals surface area (Å²) in [5.41, 5.74) is 4.78. The van der Waals surface area contributed by atoms with Gasteiger partial charge >= 0.3 is 22.7 Å². The standard InChI is InChI=1S/C4H6N4O3.C2H4O2.2Al.2H2O.3H/c5-3(10)6-1-2(9)8-4(11)7-1;1-2(3)4;;;;;;;/h1H,(H3,5,6,10)(H2,7,8,9,11);1H3,(H,3,4);;;2*1H2;;;/q;;;+1;;;;;/p-1. The number of nitrogens with two attached hydrogens (primary N) is 1. The van der Waals surface area contributed by atoms with Gasteiger partial charge in [0.1, 0.15) is 0 Å². The zero-order chi connectivity index (χ0) is 12.7. The van der Waals surface area contributed by atoms with Gasteiger partial charge in [0.2, 0.25) is 6.17 Å². The van der Waals surface area contributed by atoms with E-state index in [1.54, 1.807) is 0 Å². The van der Waals surface area contributed by atoms with Gasteiger partial charge in [0.05, 0.1) is 0 Å². The molecule has 19 heavy (non-hydrogen) atoms. The van der Waals surface area contributed by atoms with Gasteiger partial charge in [-0.15, -0.1) is 0 Å². The number of carboxylic acids is 1. The van der Waals surface area contributed by atoms with Gasteiger partial charge in [-0.25, -0.2) is 9.79 Å². The van der Waals surface area contributed by atoms with Crippen molar-refractivity contribution in [2.24, 2.45) is 10.7 Å². The van der Waals surface area contributed by atoms with E-state index in [-0.39, 0.29) is 34.3 Å². The van der Waals surface area contributed by atoms with Crippen molar-refractivity contribution >= 4 is 57.9 Å². The number of rotatable bonds is 1. The third-order valence-electron chi connectivity index (χ3n) is 1.12. The summed E-state index contributed by atoms with van der Waals surface area (Å²) in [6, 6.07) is -0.785. The van der Waals surface area contributed by atoms with Crippen LogP contribution in [0.25, 0.3) is 0 Å². The second-order valence-electron chi connectivity index (χ2n) is 2.47. The number of amides is 3. The molecule has 2 radical (unpaired) electrons. The molecule has 0 fully saturated rings. The van der Waals surface area contributed by atoms with Crippen LogP contribution in [0.4, 0.5) is 4.79 Å². The number of carbonyl (C=O) groups excluding carboxylic acids is 2. The summed E-state index contributed by atoms with van der Waals surface area (Å²) >= 11 is 1.91. The average molecular weight is 310 g/mol. The predicted molar refractivity (Wildman–Crippen MR) is 69.4 cm³/mol. The molecule has 1 heterocycles. The van der Waals surface area contributed by atoms with Crippen molar-refractivity contribution in [2.75, 3.05) is 0 Å². The number of hydrogen-bond acceptors (Lipinski definition) is 5. The largest absolute Gasteiger partial charge is 0.627 e. The molecule has 0 aromatic rings. The van der Waals surface area contributed by atoms with Crippen LogP contribution < -0.4 is 16.4 Å². The second-order valence-corrected chi connectivity index (χ2v) is 2.71. The van der Waals surface area contributed by atoms with Crippen LogP contribution in [0.5, 0.6) is 0 Å². The minimum Gasteiger partial charge on any atom is -0.627 e. The number of hydrogen-bond donors (Lipinski definition) is 4. The molecule has 1 rings (SSSR count). The first-order valence-electron chi connectivity index (χ1n) is 3.87. The number of nitrogens with zero attached hydrogens (tertiary/aromatic N) is 1. The normalized spacial score (nSPS) is 14.7. The number of urea groups is 1. The first-order valence-corrected chi connectivity index (χ1v) is 4.35. The zero-order valence-corrected chi connectivity index (χ0v) is 10.4. The molecule has 13 heteroatoms. The zero-order valence-electron chi connectivity index (χ0n) is 9.26. The number of aliphatic imine (C=N–C) groups is 1. The number of carboxylic acid groups (broad SMARTS) is 1. The molecule has 108 valence electrons. The Bertz CT molecular complexity index is 334. The van der Waals surface area contributed by atoms with E-state index in [0.29, 0.717) is 0 Å². The Hall–Kier alpha value is -1.34. The molecule has 1 aliphatic heterocycles. The highest BCUT2D eigenvalue weighted by Gasteiger charge is 2.26. The molecule has 1 unspecified atom stereocenters. The first kappa shape index (κ1) is 26.3. The Morgan fingerprint density at radius 1 is 1.53 bits per heavy atom. The minimum atomic E-state index is -0.988. The lowest BCUT2D eigenvalue weighted by atomic mass is 10.5. The Kier molecular flexibility index (Phi) is 18.1. The summed E-state index contributed by atoms with van der Waals surface area (Å²) in [6.07, 6.45) is -0.988. The molecule has 0 spiro atoms. The molecule has 11 nitrogen and oxygen atoms in total. The van der Waals surface area contributed by atoms with Crippen molar-refractivity contribution < 1.29 is 34.2 Å². The summed E-state index contributed by atoms with van der Waals surface area (Å²) in [5.74, 6) is -1.31. The van der Waals surface area contributed by atoms with Gasteiger partial charge in [0.25, 0.3) is 17.9 Å². The summed E-state index contributed by atoms with van der Waals surface area (Å²) in [7, 11) is 0. The Balaban J connectivity index is -0.000000144. The fraction of sp³-hybridized carbons (Fsp3) is 0.333. The molecule has 0 aromatic heterocycles. The first-order chi connectivity index (χ1) is 7.36. The fourth-order valence-corrected chi connectivity index (χ4v) is 0.794. The molecule has 0 aliphatic carbocycles. The number of aliphatic carboxylic acids is 1. The van der Waals surface area contributed by atoms with Crippen molar-refractivity contribution in [1.29, 1.82) is 0 Å². The highest BCUT2D eigenvalue weighted by molar-refractivity contribution is 6.12. The van der Waals surface area contributed by atoms with Crippen molar-refractivity contribution in [3.8, 4) is 0 Å². The maximum absolute atomic E-state index is 10.9. The van der Waals surface area contributed by atoms with Crippen LogP contribution in [0.1, 0.15) is 6.92 Å². The van der Waals surface area contributed by atoms with Crippen LogP contribution in [-0.4, -0.2) is 80.1 Å². The van der Waals surface area contributed by atoms with Gasteiger partial charge in [-0.2, -0.15) is 0 Å². The fourth-order valence-electron chi connectivity index (χ4n) is 0.674. The van der Waals surface area contributed by atoms with E-state index in [1.807, 2.05) is 16.6 Å². The molecular formula is C6H16Al2N4O7. The number of amidine groups is 1. The summed E-state index contributed by atoms with van der Waals surface area (Å²) in [5, 5.41) is 11.8. The van der Waals surface area contributed by atoms with Crippen molar-refractivity contribution in [3.05, 3.63) is 0 Å². The van der Waals surface area contributed by atoms with Crippen LogP contribution in [0.15, 0.2) is 4.99 Å². The van der Waals surface area contributed by atoms with Gasteiger partial charge in [-0.1, -0.05) is 0 Å². The highest BCUT2D eigenvalue weighted by Crippen LogP contribution is 1.96. The lowest BCUT2D eigenvalue weighted by Gasteiger charge is -2.02. The van der Waals surface area contributed by atoms with Crippen molar-refractivity contribution in [2.45, 2.75) is 13.1 Å². The number of nitrogens with one attached hydrogen (secondary N) is 2. The predicted octanol–water partition coefficient (Wildman–Crippen LogP) is -5.18. The monoisotopic (exact) mass is 310 g/mol. The molecule has 1 atom stereocenters. The maximum Gasteiger partial charge on any atom is 0.485 e. The lowest BCUT2D eigenvalue weighted by molar-refractivity contribution is -0.134. The maximum atomic E-state index is 10.9. The van der Waals surface area contributed by atoms with Crippen LogP contribution >= 0.6 is 0 Å². The molecule has 9 N–H and O–H groups in total. The van der Waals surface area contributed by atoms with Gasteiger partial charge in [-0.3, -0.25) is 14.9 Å². The molecule has 0 saturated heterocycles. The van der Waals surface area contributed by atoms with Gasteiger partial charge in [0.15, 0.2) is 17.4 Å². The minimum absolute atomic E-state index is 0. The van der Waals surface area contributed by atoms with E-state index in [4.69, 9.17) is 15.6 Å². The summed E-state index contributed by atoms with van der Waals surface area (Å²) in [6.45, 7) is 1.08. The Labute approximate surface area is 127 Å². The van der Waals surface area contributed by atoms with Crippen LogP contribution in [0, 0.1) is 0 Å². The van der Waals surface area contributed by atoms with E-state index in [1.165, 1.54) is 0 Å². The molecule has 0 saturated carbocycles. The Morgan fingerprint density at radius 3 is 2.21 bits per heavy atom. The van der Waals surface area contributed by atoms with Gasteiger partial charge < -0.3 is 30.9 Å². The molecule has 3 amide bonds. The smallest absolute Gasteiger partial charge is 0.485 e. The molecular weight excluding hydrogens is 294 g/mol. The third-order valence-corrected chi connectivity index (χ3v) is 1.34. The molecule has 1 aliphatic rings. The van der Waals surface area contributed by atoms with E-state index in [0.717, 1.165) is 6.92 Å².